The second-order valence-electron chi connectivity index (χ2n) is 9.63. The molecule has 0 aromatic heterocycles. The second-order valence-corrected chi connectivity index (χ2v) is 10.9. The molecule has 0 unspecified atom stereocenters. The van der Waals surface area contributed by atoms with Crippen LogP contribution in [0.2, 0.25) is 15.1 Å². The summed E-state index contributed by atoms with van der Waals surface area (Å²) in [6.07, 6.45) is 0. The molecule has 0 heterocycles. The van der Waals surface area contributed by atoms with Gasteiger partial charge in [0.2, 0.25) is 11.5 Å². The smallest absolute Gasteiger partial charge is 0.343 e. The third-order valence-electron chi connectivity index (χ3n) is 6.57. The Kier molecular flexibility index (Phi) is 8.89. The maximum absolute atomic E-state index is 13.5. The predicted molar refractivity (Wildman–Crippen MR) is 175 cm³/mol. The van der Waals surface area contributed by atoms with Gasteiger partial charge in [-0.25, -0.2) is 9.59 Å². The molecule has 6 aromatic rings. The maximum Gasteiger partial charge on any atom is 0.343 e. The molecule has 0 radical (unpaired) electrons. The van der Waals surface area contributed by atoms with Crippen molar-refractivity contribution in [1.82, 2.24) is 0 Å². The fraction of sp³-hybridized carbons (Fsp3) is 0. The first-order chi connectivity index (χ1) is 21.9. The zero-order valence-electron chi connectivity index (χ0n) is 23.2. The van der Waals surface area contributed by atoms with Crippen LogP contribution in [0.3, 0.4) is 0 Å². The Balaban J connectivity index is 1.62. The number of carbonyl (C=O) groups excluding carboxylic acids is 2. The molecule has 9 heteroatoms. The van der Waals surface area contributed by atoms with Gasteiger partial charge in [0, 0.05) is 25.8 Å². The van der Waals surface area contributed by atoms with Crippen LogP contribution in [0.25, 0.3) is 10.8 Å². The van der Waals surface area contributed by atoms with Gasteiger partial charge < -0.3 is 18.9 Å². The normalized spacial score (nSPS) is 10.7. The minimum Gasteiger partial charge on any atom is -0.449 e. The molecule has 6 aromatic carbocycles. The molecule has 0 atom stereocenters. The molecular weight excluding hydrogens is 635 g/mol. The van der Waals surface area contributed by atoms with E-state index in [0.717, 1.165) is 0 Å². The Morgan fingerprint density at radius 1 is 0.422 bits per heavy atom. The molecule has 0 aliphatic carbocycles. The lowest BCUT2D eigenvalue weighted by atomic mass is 10.1. The highest BCUT2D eigenvalue weighted by Gasteiger charge is 2.30. The molecule has 0 aliphatic heterocycles. The zero-order chi connectivity index (χ0) is 31.3. The van der Waals surface area contributed by atoms with Crippen molar-refractivity contribution in [3.05, 3.63) is 154 Å². The summed E-state index contributed by atoms with van der Waals surface area (Å²) in [6.45, 7) is 0. The zero-order valence-corrected chi connectivity index (χ0v) is 25.5. The van der Waals surface area contributed by atoms with Crippen molar-refractivity contribution in [2.45, 2.75) is 0 Å². The molecule has 222 valence electrons. The van der Waals surface area contributed by atoms with Crippen LogP contribution in [0.1, 0.15) is 20.7 Å². The van der Waals surface area contributed by atoms with Crippen LogP contribution in [-0.4, -0.2) is 11.9 Å². The van der Waals surface area contributed by atoms with Gasteiger partial charge in [-0.05, 0) is 91.0 Å². The SMILES string of the molecule is O=C(Oc1c(Oc2ccc(Cl)cc2)c(Oc2ccc(Cl)cc2)c(OC(=O)c2ccccc2)c2cc(Cl)ccc12)c1ccccc1. The summed E-state index contributed by atoms with van der Waals surface area (Å²) in [7, 11) is 0. The average Bonchev–Trinajstić information content (AvgIpc) is 3.06. The highest BCUT2D eigenvalue weighted by atomic mass is 35.5. The lowest BCUT2D eigenvalue weighted by molar-refractivity contribution is 0.0716. The van der Waals surface area contributed by atoms with Crippen LogP contribution in [0.15, 0.2) is 127 Å². The van der Waals surface area contributed by atoms with Crippen LogP contribution in [-0.2, 0) is 0 Å². The van der Waals surface area contributed by atoms with Crippen LogP contribution < -0.4 is 18.9 Å². The molecule has 0 saturated heterocycles. The monoisotopic (exact) mass is 654 g/mol. The van der Waals surface area contributed by atoms with Crippen molar-refractivity contribution in [2.75, 3.05) is 0 Å². The summed E-state index contributed by atoms with van der Waals surface area (Å²) in [5, 5.41) is 2.01. The molecule has 0 N–H and O–H groups in total. The molecule has 0 saturated carbocycles. The number of carbonyl (C=O) groups is 2. The van der Waals surface area contributed by atoms with Crippen LogP contribution in [0.5, 0.6) is 34.5 Å². The third-order valence-corrected chi connectivity index (χ3v) is 7.30. The topological polar surface area (TPSA) is 71.1 Å². The van der Waals surface area contributed by atoms with Gasteiger partial charge in [-0.15, -0.1) is 0 Å². The summed E-state index contributed by atoms with van der Waals surface area (Å²) < 4.78 is 24.9. The van der Waals surface area contributed by atoms with E-state index < -0.39 is 11.9 Å². The Morgan fingerprint density at radius 2 is 0.822 bits per heavy atom. The minimum atomic E-state index is -0.663. The summed E-state index contributed by atoms with van der Waals surface area (Å²) >= 11 is 18.7. The average molecular weight is 656 g/mol. The van der Waals surface area contributed by atoms with E-state index in [1.165, 1.54) is 0 Å². The standard InChI is InChI=1S/C36H21Cl3O6/c37-24-11-16-27(17-12-24)42-33-31(44-35(40)22-7-3-1-4-8-22)29-20-15-26(39)21-30(29)32(45-36(41)23-9-5-2-6-10-23)34(33)43-28-18-13-25(38)14-19-28/h1-21H. The predicted octanol–water partition coefficient (Wildman–Crippen LogP) is 10.8. The van der Waals surface area contributed by atoms with Crippen LogP contribution >= 0.6 is 34.8 Å². The second kappa shape index (κ2) is 13.3. The van der Waals surface area contributed by atoms with Gasteiger partial charge >= 0.3 is 11.9 Å². The summed E-state index contributed by atoms with van der Waals surface area (Å²) in [4.78, 5) is 26.9. The first-order valence-electron chi connectivity index (χ1n) is 13.6. The number of benzene rings is 6. The number of fused-ring (bicyclic) bond motifs is 1. The third kappa shape index (κ3) is 6.89. The van der Waals surface area contributed by atoms with E-state index >= 15 is 0 Å². The van der Waals surface area contributed by atoms with Gasteiger partial charge in [0.1, 0.15) is 11.5 Å². The van der Waals surface area contributed by atoms with E-state index in [4.69, 9.17) is 53.8 Å². The van der Waals surface area contributed by atoms with Gasteiger partial charge in [0.15, 0.2) is 11.5 Å². The molecule has 0 spiro atoms. The fourth-order valence-corrected chi connectivity index (χ4v) is 4.86. The lowest BCUT2D eigenvalue weighted by Crippen LogP contribution is -2.12. The molecule has 6 rings (SSSR count). The van der Waals surface area contributed by atoms with E-state index in [1.807, 2.05) is 0 Å². The quantitative estimate of drug-likeness (QED) is 0.120. The molecule has 0 bridgehead atoms. The van der Waals surface area contributed by atoms with Gasteiger partial charge in [-0.3, -0.25) is 0 Å². The summed E-state index contributed by atoms with van der Waals surface area (Å²) in [6, 6.07) is 34.9. The van der Waals surface area contributed by atoms with Crippen molar-refractivity contribution in [3.8, 4) is 34.5 Å². The number of hydrogen-bond acceptors (Lipinski definition) is 6. The van der Waals surface area contributed by atoms with Crippen molar-refractivity contribution >= 4 is 57.5 Å². The largest absolute Gasteiger partial charge is 0.449 e. The van der Waals surface area contributed by atoms with E-state index in [-0.39, 0.29) is 23.0 Å². The van der Waals surface area contributed by atoms with Crippen molar-refractivity contribution in [1.29, 1.82) is 0 Å². The highest BCUT2D eigenvalue weighted by Crippen LogP contribution is 2.54. The Hall–Kier alpha value is -5.01. The lowest BCUT2D eigenvalue weighted by Gasteiger charge is -2.22. The molecule has 6 nitrogen and oxygen atoms in total. The minimum absolute atomic E-state index is 0.00828. The highest BCUT2D eigenvalue weighted by molar-refractivity contribution is 6.32. The fourth-order valence-electron chi connectivity index (χ4n) is 4.43. The van der Waals surface area contributed by atoms with Gasteiger partial charge in [-0.1, -0.05) is 71.2 Å². The van der Waals surface area contributed by atoms with Crippen LogP contribution in [0.4, 0.5) is 0 Å². The summed E-state index contributed by atoms with van der Waals surface area (Å²) in [5.41, 5.74) is 0.599. The van der Waals surface area contributed by atoms with Crippen molar-refractivity contribution in [3.63, 3.8) is 0 Å². The van der Waals surface area contributed by atoms with Gasteiger partial charge in [-0.2, -0.15) is 0 Å². The number of halogens is 3. The van der Waals surface area contributed by atoms with E-state index in [9.17, 15) is 9.59 Å². The Labute approximate surface area is 273 Å². The Bertz CT molecular complexity index is 2000. The number of hydrogen-bond donors (Lipinski definition) is 0. The maximum atomic E-state index is 13.5. The molecule has 0 aliphatic rings. The number of ether oxygens (including phenoxy) is 4. The van der Waals surface area contributed by atoms with Gasteiger partial charge in [0.25, 0.3) is 0 Å². The number of rotatable bonds is 8. The molecule has 0 amide bonds. The first-order valence-corrected chi connectivity index (χ1v) is 14.7. The molecule has 0 fully saturated rings. The van der Waals surface area contributed by atoms with Crippen LogP contribution in [0, 0.1) is 0 Å². The molecule has 45 heavy (non-hydrogen) atoms. The van der Waals surface area contributed by atoms with Crippen molar-refractivity contribution < 1.29 is 28.5 Å². The van der Waals surface area contributed by atoms with Gasteiger partial charge in [0.05, 0.1) is 11.1 Å². The van der Waals surface area contributed by atoms with E-state index in [2.05, 4.69) is 0 Å². The Morgan fingerprint density at radius 3 is 1.27 bits per heavy atom. The summed E-state index contributed by atoms with van der Waals surface area (Å²) in [5.74, 6) is -0.744. The first kappa shape index (κ1) is 30.0. The number of esters is 2. The van der Waals surface area contributed by atoms with E-state index in [1.54, 1.807) is 127 Å². The van der Waals surface area contributed by atoms with Crippen molar-refractivity contribution in [2.24, 2.45) is 0 Å². The molecular formula is C36H21Cl3O6. The van der Waals surface area contributed by atoms with E-state index in [0.29, 0.717) is 48.5 Å².